The van der Waals surface area contributed by atoms with E-state index in [-0.39, 0.29) is 5.75 Å². The lowest BCUT2D eigenvalue weighted by atomic mass is 10.1. The highest BCUT2D eigenvalue weighted by Gasteiger charge is 2.35. The molecule has 0 spiro atoms. The van der Waals surface area contributed by atoms with Crippen LogP contribution in [0.2, 0.25) is 0 Å². The van der Waals surface area contributed by atoms with Gasteiger partial charge in [-0.15, -0.1) is 10.2 Å². The number of nitrogens with zero attached hydrogens (tertiary/aromatic N) is 3. The summed E-state index contributed by atoms with van der Waals surface area (Å²) in [6, 6.07) is 0.460. The molecule has 2 fully saturated rings. The van der Waals surface area contributed by atoms with Crippen LogP contribution in [0.25, 0.3) is 0 Å². The molecule has 6 heteroatoms. The van der Waals surface area contributed by atoms with Crippen molar-refractivity contribution in [2.24, 2.45) is 5.92 Å². The van der Waals surface area contributed by atoms with Gasteiger partial charge in [0.2, 0.25) is 0 Å². The summed E-state index contributed by atoms with van der Waals surface area (Å²) < 4.78 is 2.25. The summed E-state index contributed by atoms with van der Waals surface area (Å²) in [7, 11) is 0. The summed E-state index contributed by atoms with van der Waals surface area (Å²) in [4.78, 5) is 10.7. The van der Waals surface area contributed by atoms with Crippen LogP contribution in [0.5, 0.6) is 0 Å². The van der Waals surface area contributed by atoms with Crippen molar-refractivity contribution in [1.82, 2.24) is 14.8 Å². The van der Waals surface area contributed by atoms with E-state index in [2.05, 4.69) is 21.7 Å². The van der Waals surface area contributed by atoms with E-state index in [1.807, 2.05) is 0 Å². The summed E-state index contributed by atoms with van der Waals surface area (Å²) in [5.74, 6) is 1.54. The highest BCUT2D eigenvalue weighted by molar-refractivity contribution is 7.99. The third kappa shape index (κ3) is 2.63. The van der Waals surface area contributed by atoms with Crippen LogP contribution in [0, 0.1) is 5.92 Å². The number of carbonyl (C=O) groups is 1. The third-order valence-electron chi connectivity index (χ3n) is 4.11. The van der Waals surface area contributed by atoms with Crippen molar-refractivity contribution in [3.05, 3.63) is 5.82 Å². The molecule has 104 valence electrons. The average molecular weight is 281 g/mol. The van der Waals surface area contributed by atoms with Gasteiger partial charge in [-0.05, 0) is 31.6 Å². The summed E-state index contributed by atoms with van der Waals surface area (Å²) in [6.07, 6.45) is 6.05. The Morgan fingerprint density at radius 1 is 1.37 bits per heavy atom. The van der Waals surface area contributed by atoms with Crippen LogP contribution in [0.15, 0.2) is 5.16 Å². The van der Waals surface area contributed by atoms with Crippen molar-refractivity contribution in [2.45, 2.75) is 56.1 Å². The standard InChI is InChI=1S/C13H19N3O2S/c1-8-3-2-4-10(8)16-12(9-5-6-9)14-15-13(16)19-7-11(17)18/h8-10H,2-7H2,1H3,(H,17,18). The van der Waals surface area contributed by atoms with Crippen molar-refractivity contribution in [3.63, 3.8) is 0 Å². The largest absolute Gasteiger partial charge is 0.481 e. The van der Waals surface area contributed by atoms with Gasteiger partial charge in [0, 0.05) is 12.0 Å². The lowest BCUT2D eigenvalue weighted by molar-refractivity contribution is -0.133. The summed E-state index contributed by atoms with van der Waals surface area (Å²) >= 11 is 1.30. The minimum atomic E-state index is -0.799. The Bertz CT molecular complexity index is 484. The van der Waals surface area contributed by atoms with Gasteiger partial charge in [0.05, 0.1) is 5.75 Å². The van der Waals surface area contributed by atoms with Crippen molar-refractivity contribution in [2.75, 3.05) is 5.75 Å². The summed E-state index contributed by atoms with van der Waals surface area (Å²) in [6.45, 7) is 2.28. The van der Waals surface area contributed by atoms with E-state index in [0.717, 1.165) is 11.0 Å². The van der Waals surface area contributed by atoms with Gasteiger partial charge in [0.1, 0.15) is 5.82 Å². The molecule has 2 aliphatic carbocycles. The number of thioether (sulfide) groups is 1. The Kier molecular flexibility index (Phi) is 3.52. The van der Waals surface area contributed by atoms with Crippen molar-refractivity contribution in [3.8, 4) is 0 Å². The Morgan fingerprint density at radius 2 is 2.16 bits per heavy atom. The molecule has 0 aliphatic heterocycles. The van der Waals surface area contributed by atoms with E-state index in [1.54, 1.807) is 0 Å². The molecule has 0 saturated heterocycles. The molecule has 1 N–H and O–H groups in total. The highest BCUT2D eigenvalue weighted by Crippen LogP contribution is 2.45. The molecule has 3 rings (SSSR count). The zero-order valence-corrected chi connectivity index (χ0v) is 11.9. The molecular formula is C13H19N3O2S. The maximum absolute atomic E-state index is 10.7. The van der Waals surface area contributed by atoms with Crippen molar-refractivity contribution >= 4 is 17.7 Å². The molecule has 2 unspecified atom stereocenters. The lowest BCUT2D eigenvalue weighted by Gasteiger charge is -2.21. The normalized spacial score (nSPS) is 26.8. The number of aliphatic carboxylic acids is 1. The Morgan fingerprint density at radius 3 is 2.74 bits per heavy atom. The van der Waals surface area contributed by atoms with Gasteiger partial charge in [-0.3, -0.25) is 4.79 Å². The molecule has 19 heavy (non-hydrogen) atoms. The van der Waals surface area contributed by atoms with E-state index in [9.17, 15) is 4.79 Å². The van der Waals surface area contributed by atoms with Crippen LogP contribution in [0.1, 0.15) is 56.8 Å². The first kappa shape index (κ1) is 13.0. The second kappa shape index (κ2) is 5.15. The van der Waals surface area contributed by atoms with Crippen LogP contribution >= 0.6 is 11.8 Å². The van der Waals surface area contributed by atoms with Crippen molar-refractivity contribution in [1.29, 1.82) is 0 Å². The van der Waals surface area contributed by atoms with Gasteiger partial charge in [-0.1, -0.05) is 25.1 Å². The van der Waals surface area contributed by atoms with Crippen LogP contribution in [0.4, 0.5) is 0 Å². The van der Waals surface area contributed by atoms with Gasteiger partial charge < -0.3 is 9.67 Å². The zero-order valence-electron chi connectivity index (χ0n) is 11.1. The van der Waals surface area contributed by atoms with Gasteiger partial charge >= 0.3 is 5.97 Å². The maximum Gasteiger partial charge on any atom is 0.313 e. The van der Waals surface area contributed by atoms with E-state index >= 15 is 0 Å². The smallest absolute Gasteiger partial charge is 0.313 e. The van der Waals surface area contributed by atoms with E-state index in [4.69, 9.17) is 5.11 Å². The van der Waals surface area contributed by atoms with Gasteiger partial charge in [-0.25, -0.2) is 0 Å². The quantitative estimate of drug-likeness (QED) is 0.840. The molecular weight excluding hydrogens is 262 g/mol. The van der Waals surface area contributed by atoms with Crippen LogP contribution in [-0.4, -0.2) is 31.6 Å². The summed E-state index contributed by atoms with van der Waals surface area (Å²) in [5.41, 5.74) is 0. The second-order valence-electron chi connectivity index (χ2n) is 5.64. The second-order valence-corrected chi connectivity index (χ2v) is 6.59. The number of hydrogen-bond donors (Lipinski definition) is 1. The van der Waals surface area contributed by atoms with E-state index < -0.39 is 5.97 Å². The molecule has 0 bridgehead atoms. The molecule has 5 nitrogen and oxygen atoms in total. The molecule has 2 saturated carbocycles. The van der Waals surface area contributed by atoms with Gasteiger partial charge in [0.15, 0.2) is 5.16 Å². The maximum atomic E-state index is 10.7. The predicted molar refractivity (Wildman–Crippen MR) is 72.4 cm³/mol. The monoisotopic (exact) mass is 281 g/mol. The number of carboxylic acids is 1. The molecule has 2 aliphatic rings. The fraction of sp³-hybridized carbons (Fsp3) is 0.769. The molecule has 1 aromatic heterocycles. The topological polar surface area (TPSA) is 68.0 Å². The Hall–Kier alpha value is -1.04. The highest BCUT2D eigenvalue weighted by atomic mass is 32.2. The number of aromatic nitrogens is 3. The van der Waals surface area contributed by atoms with E-state index in [1.165, 1.54) is 43.9 Å². The fourth-order valence-corrected chi connectivity index (χ4v) is 3.67. The zero-order chi connectivity index (χ0) is 13.4. The molecule has 0 aromatic carbocycles. The average Bonchev–Trinajstić information content (AvgIpc) is 3.00. The first-order valence-electron chi connectivity index (χ1n) is 6.96. The van der Waals surface area contributed by atoms with Crippen LogP contribution in [-0.2, 0) is 4.79 Å². The molecule has 2 atom stereocenters. The van der Waals surface area contributed by atoms with Crippen LogP contribution < -0.4 is 0 Å². The minimum absolute atomic E-state index is 0.0594. The third-order valence-corrected chi connectivity index (χ3v) is 5.03. The number of rotatable bonds is 5. The van der Waals surface area contributed by atoms with Crippen LogP contribution in [0.3, 0.4) is 0 Å². The lowest BCUT2D eigenvalue weighted by Crippen LogP contribution is -2.16. The van der Waals surface area contributed by atoms with E-state index in [0.29, 0.717) is 17.9 Å². The predicted octanol–water partition coefficient (Wildman–Crippen LogP) is 2.69. The summed E-state index contributed by atoms with van der Waals surface area (Å²) in [5, 5.41) is 18.2. The molecule has 0 radical (unpaired) electrons. The first-order valence-corrected chi connectivity index (χ1v) is 7.94. The molecule has 1 heterocycles. The number of carboxylic acid groups (broad SMARTS) is 1. The first-order chi connectivity index (χ1) is 9.16. The Labute approximate surface area is 116 Å². The molecule has 0 amide bonds. The SMILES string of the molecule is CC1CCCC1n1c(SCC(=O)O)nnc1C1CC1. The number of hydrogen-bond acceptors (Lipinski definition) is 4. The van der Waals surface area contributed by atoms with Gasteiger partial charge in [0.25, 0.3) is 0 Å². The Balaban J connectivity index is 1.88. The minimum Gasteiger partial charge on any atom is -0.481 e. The fourth-order valence-electron chi connectivity index (χ4n) is 2.95. The molecule has 1 aromatic rings. The van der Waals surface area contributed by atoms with Crippen molar-refractivity contribution < 1.29 is 9.90 Å². The van der Waals surface area contributed by atoms with Gasteiger partial charge in [-0.2, -0.15) is 0 Å².